The summed E-state index contributed by atoms with van der Waals surface area (Å²) in [5.41, 5.74) is 2.83. The maximum absolute atomic E-state index is 10.0. The molecule has 1 aromatic carbocycles. The summed E-state index contributed by atoms with van der Waals surface area (Å²) in [4.78, 5) is 4.96. The number of nitrogens with zero attached hydrogens (tertiary/aromatic N) is 2. The van der Waals surface area contributed by atoms with Crippen LogP contribution in [0, 0.1) is 12.8 Å². The fraction of sp³-hybridized carbons (Fsp3) is 0.647. The SMILES string of the molecule is Cc1ccccc1CN1CCN(CC(O)C2CC2)CC1. The van der Waals surface area contributed by atoms with Crippen LogP contribution in [0.1, 0.15) is 24.0 Å². The number of rotatable bonds is 5. The van der Waals surface area contributed by atoms with E-state index in [0.717, 1.165) is 39.3 Å². The molecule has 1 atom stereocenters. The van der Waals surface area contributed by atoms with E-state index < -0.39 is 0 Å². The Hall–Kier alpha value is -0.900. The van der Waals surface area contributed by atoms with E-state index >= 15 is 0 Å². The minimum absolute atomic E-state index is 0.0853. The highest BCUT2D eigenvalue weighted by molar-refractivity contribution is 5.25. The van der Waals surface area contributed by atoms with Crippen molar-refractivity contribution in [2.75, 3.05) is 32.7 Å². The number of hydrogen-bond donors (Lipinski definition) is 1. The molecular weight excluding hydrogens is 248 g/mol. The summed E-state index contributed by atoms with van der Waals surface area (Å²) in [5, 5.41) is 10.0. The Morgan fingerprint density at radius 2 is 1.75 bits per heavy atom. The average Bonchev–Trinajstić information content (AvgIpc) is 3.28. The third-order valence-corrected chi connectivity index (χ3v) is 4.73. The quantitative estimate of drug-likeness (QED) is 0.888. The second-order valence-electron chi connectivity index (χ2n) is 6.41. The van der Waals surface area contributed by atoms with Crippen LogP contribution in [-0.4, -0.2) is 53.7 Å². The summed E-state index contributed by atoms with van der Waals surface area (Å²) in [7, 11) is 0. The fourth-order valence-electron chi connectivity index (χ4n) is 3.05. The van der Waals surface area contributed by atoms with Gasteiger partial charge in [0.2, 0.25) is 0 Å². The number of benzene rings is 1. The lowest BCUT2D eigenvalue weighted by atomic mass is 10.1. The number of hydrogen-bond acceptors (Lipinski definition) is 3. The standard InChI is InChI=1S/C17H26N2O/c1-14-4-2-3-5-16(14)12-18-8-10-19(11-9-18)13-17(20)15-6-7-15/h2-5,15,17,20H,6-13H2,1H3. The van der Waals surface area contributed by atoms with Gasteiger partial charge in [0, 0.05) is 39.3 Å². The first kappa shape index (κ1) is 14.1. The first-order valence-corrected chi connectivity index (χ1v) is 7.89. The Balaban J connectivity index is 1.45. The molecule has 1 N–H and O–H groups in total. The molecule has 1 heterocycles. The summed E-state index contributed by atoms with van der Waals surface area (Å²) in [6, 6.07) is 8.66. The molecule has 0 aromatic heterocycles. The van der Waals surface area contributed by atoms with E-state index in [1.54, 1.807) is 0 Å². The number of aryl methyl sites for hydroxylation is 1. The Kier molecular flexibility index (Phi) is 4.39. The van der Waals surface area contributed by atoms with Gasteiger partial charge >= 0.3 is 0 Å². The van der Waals surface area contributed by atoms with Crippen molar-refractivity contribution in [1.29, 1.82) is 0 Å². The molecular formula is C17H26N2O. The number of aliphatic hydroxyl groups is 1. The number of aliphatic hydroxyl groups excluding tert-OH is 1. The van der Waals surface area contributed by atoms with E-state index in [-0.39, 0.29) is 6.10 Å². The molecule has 110 valence electrons. The zero-order valence-electron chi connectivity index (χ0n) is 12.5. The molecule has 1 aromatic rings. The van der Waals surface area contributed by atoms with Crippen LogP contribution in [0.15, 0.2) is 24.3 Å². The molecule has 20 heavy (non-hydrogen) atoms. The zero-order valence-corrected chi connectivity index (χ0v) is 12.5. The van der Waals surface area contributed by atoms with Gasteiger partial charge in [-0.1, -0.05) is 24.3 Å². The van der Waals surface area contributed by atoms with Crippen LogP contribution in [0.3, 0.4) is 0 Å². The van der Waals surface area contributed by atoms with Gasteiger partial charge in [-0.05, 0) is 36.8 Å². The molecule has 1 saturated carbocycles. The van der Waals surface area contributed by atoms with Gasteiger partial charge in [-0.15, -0.1) is 0 Å². The van der Waals surface area contributed by atoms with Crippen LogP contribution in [-0.2, 0) is 6.54 Å². The first-order chi connectivity index (χ1) is 9.72. The van der Waals surface area contributed by atoms with Crippen molar-refractivity contribution in [2.45, 2.75) is 32.4 Å². The Morgan fingerprint density at radius 1 is 1.10 bits per heavy atom. The molecule has 0 radical (unpaired) electrons. The molecule has 3 heteroatoms. The van der Waals surface area contributed by atoms with Crippen molar-refractivity contribution in [3.8, 4) is 0 Å². The van der Waals surface area contributed by atoms with E-state index in [0.29, 0.717) is 5.92 Å². The summed E-state index contributed by atoms with van der Waals surface area (Å²) in [6.07, 6.45) is 2.38. The van der Waals surface area contributed by atoms with Crippen molar-refractivity contribution in [2.24, 2.45) is 5.92 Å². The van der Waals surface area contributed by atoms with Gasteiger partial charge in [0.15, 0.2) is 0 Å². The molecule has 1 aliphatic carbocycles. The third kappa shape index (κ3) is 3.60. The first-order valence-electron chi connectivity index (χ1n) is 7.89. The summed E-state index contributed by atoms with van der Waals surface area (Å²) in [6.45, 7) is 8.55. The smallest absolute Gasteiger partial charge is 0.0695 e. The van der Waals surface area contributed by atoms with Crippen LogP contribution in [0.25, 0.3) is 0 Å². The molecule has 0 amide bonds. The number of piperazine rings is 1. The topological polar surface area (TPSA) is 26.7 Å². The normalized spacial score (nSPS) is 22.9. The molecule has 1 saturated heterocycles. The van der Waals surface area contributed by atoms with Crippen molar-refractivity contribution < 1.29 is 5.11 Å². The molecule has 1 unspecified atom stereocenters. The highest BCUT2D eigenvalue weighted by Crippen LogP contribution is 2.32. The van der Waals surface area contributed by atoms with Gasteiger partial charge in [0.05, 0.1) is 6.10 Å². The monoisotopic (exact) mass is 274 g/mol. The van der Waals surface area contributed by atoms with Crippen LogP contribution >= 0.6 is 0 Å². The summed E-state index contributed by atoms with van der Waals surface area (Å²) in [5.74, 6) is 0.597. The van der Waals surface area contributed by atoms with Crippen LogP contribution < -0.4 is 0 Å². The van der Waals surface area contributed by atoms with Gasteiger partial charge in [0.25, 0.3) is 0 Å². The van der Waals surface area contributed by atoms with Crippen molar-refractivity contribution in [3.05, 3.63) is 35.4 Å². The predicted octanol–water partition coefficient (Wildman–Crippen LogP) is 1.88. The van der Waals surface area contributed by atoms with E-state index in [1.807, 2.05) is 0 Å². The molecule has 0 bridgehead atoms. The Bertz CT molecular complexity index is 436. The van der Waals surface area contributed by atoms with Gasteiger partial charge in [0.1, 0.15) is 0 Å². The lowest BCUT2D eigenvalue weighted by Gasteiger charge is -2.35. The van der Waals surface area contributed by atoms with Crippen molar-refractivity contribution >= 4 is 0 Å². The van der Waals surface area contributed by atoms with Gasteiger partial charge < -0.3 is 5.11 Å². The minimum Gasteiger partial charge on any atom is -0.392 e. The highest BCUT2D eigenvalue weighted by Gasteiger charge is 2.31. The highest BCUT2D eigenvalue weighted by atomic mass is 16.3. The maximum atomic E-state index is 10.0. The van der Waals surface area contributed by atoms with E-state index in [4.69, 9.17) is 0 Å². The number of β-amino-alcohol motifs (C(OH)–C–C–N with tert-alkyl or cyclic N) is 1. The third-order valence-electron chi connectivity index (χ3n) is 4.73. The van der Waals surface area contributed by atoms with Crippen LogP contribution in [0.2, 0.25) is 0 Å². The van der Waals surface area contributed by atoms with E-state index in [1.165, 1.54) is 24.0 Å². The van der Waals surface area contributed by atoms with Crippen LogP contribution in [0.5, 0.6) is 0 Å². The molecule has 3 nitrogen and oxygen atoms in total. The van der Waals surface area contributed by atoms with Crippen LogP contribution in [0.4, 0.5) is 0 Å². The fourth-order valence-corrected chi connectivity index (χ4v) is 3.05. The van der Waals surface area contributed by atoms with E-state index in [2.05, 4.69) is 41.0 Å². The van der Waals surface area contributed by atoms with E-state index in [9.17, 15) is 5.11 Å². The summed E-state index contributed by atoms with van der Waals surface area (Å²) >= 11 is 0. The van der Waals surface area contributed by atoms with Crippen molar-refractivity contribution in [3.63, 3.8) is 0 Å². The Morgan fingerprint density at radius 3 is 2.40 bits per heavy atom. The average molecular weight is 274 g/mol. The molecule has 1 aliphatic heterocycles. The molecule has 2 fully saturated rings. The minimum atomic E-state index is -0.0853. The molecule has 2 aliphatic rings. The molecule has 0 spiro atoms. The lowest BCUT2D eigenvalue weighted by molar-refractivity contribution is 0.0601. The van der Waals surface area contributed by atoms with Gasteiger partial charge in [-0.25, -0.2) is 0 Å². The second-order valence-corrected chi connectivity index (χ2v) is 6.41. The molecule has 3 rings (SSSR count). The van der Waals surface area contributed by atoms with Gasteiger partial charge in [-0.2, -0.15) is 0 Å². The lowest BCUT2D eigenvalue weighted by Crippen LogP contribution is -2.48. The van der Waals surface area contributed by atoms with Crippen molar-refractivity contribution in [1.82, 2.24) is 9.80 Å². The summed E-state index contributed by atoms with van der Waals surface area (Å²) < 4.78 is 0. The second kappa shape index (κ2) is 6.25. The Labute approximate surface area is 122 Å². The predicted molar refractivity (Wildman–Crippen MR) is 81.6 cm³/mol. The zero-order chi connectivity index (χ0) is 13.9. The largest absolute Gasteiger partial charge is 0.392 e. The van der Waals surface area contributed by atoms with Gasteiger partial charge in [-0.3, -0.25) is 9.80 Å². The maximum Gasteiger partial charge on any atom is 0.0695 e.